The molecular weight excluding hydrogens is 276 g/mol. The summed E-state index contributed by atoms with van der Waals surface area (Å²) in [6.07, 6.45) is 3.51. The highest BCUT2D eigenvalue weighted by Crippen LogP contribution is 2.25. The largest absolute Gasteiger partial charge is 0.375 e. The molecule has 102 valence electrons. The lowest BCUT2D eigenvalue weighted by Crippen LogP contribution is -2.21. The molecule has 1 aromatic heterocycles. The standard InChI is InChI=1S/C14H12N2O3S/c17-20(18,12-4-2-1-3-5-12)14-10-13(16-19-14)11-6-8-15-9-7-11/h1-9,14H,10H2/t14-/m1/s1. The molecule has 0 amide bonds. The van der Waals surface area contributed by atoms with E-state index < -0.39 is 15.3 Å². The third-order valence-corrected chi connectivity index (χ3v) is 4.95. The summed E-state index contributed by atoms with van der Waals surface area (Å²) < 4.78 is 24.8. The molecule has 1 aliphatic rings. The Labute approximate surface area is 116 Å². The van der Waals surface area contributed by atoms with Crippen molar-refractivity contribution in [3.05, 3.63) is 60.4 Å². The van der Waals surface area contributed by atoms with Gasteiger partial charge in [0.05, 0.1) is 10.6 Å². The summed E-state index contributed by atoms with van der Waals surface area (Å²) in [4.78, 5) is 9.28. The summed E-state index contributed by atoms with van der Waals surface area (Å²) >= 11 is 0. The van der Waals surface area contributed by atoms with Gasteiger partial charge in [-0.3, -0.25) is 4.98 Å². The average molecular weight is 288 g/mol. The Hall–Kier alpha value is -2.21. The maximum absolute atomic E-state index is 12.4. The molecule has 0 N–H and O–H groups in total. The van der Waals surface area contributed by atoms with Gasteiger partial charge in [0.15, 0.2) is 0 Å². The second kappa shape index (κ2) is 5.05. The van der Waals surface area contributed by atoms with Gasteiger partial charge >= 0.3 is 0 Å². The van der Waals surface area contributed by atoms with Crippen LogP contribution >= 0.6 is 0 Å². The first kappa shape index (κ1) is 12.8. The monoisotopic (exact) mass is 288 g/mol. The van der Waals surface area contributed by atoms with Gasteiger partial charge in [-0.1, -0.05) is 23.4 Å². The smallest absolute Gasteiger partial charge is 0.237 e. The van der Waals surface area contributed by atoms with Gasteiger partial charge in [-0.05, 0) is 24.3 Å². The lowest BCUT2D eigenvalue weighted by atomic mass is 10.1. The molecule has 2 heterocycles. The van der Waals surface area contributed by atoms with Gasteiger partial charge < -0.3 is 4.84 Å². The van der Waals surface area contributed by atoms with Crippen molar-refractivity contribution in [2.75, 3.05) is 0 Å². The number of nitrogens with zero attached hydrogens (tertiary/aromatic N) is 2. The van der Waals surface area contributed by atoms with Crippen molar-refractivity contribution in [3.63, 3.8) is 0 Å². The predicted molar refractivity (Wildman–Crippen MR) is 73.9 cm³/mol. The Morgan fingerprint density at radius 1 is 1.05 bits per heavy atom. The maximum Gasteiger partial charge on any atom is 0.237 e. The fourth-order valence-corrected chi connectivity index (χ4v) is 3.37. The zero-order chi connectivity index (χ0) is 14.0. The van der Waals surface area contributed by atoms with Crippen LogP contribution in [0.15, 0.2) is 64.9 Å². The molecule has 0 bridgehead atoms. The molecule has 0 radical (unpaired) electrons. The van der Waals surface area contributed by atoms with E-state index in [1.807, 2.05) is 0 Å². The van der Waals surface area contributed by atoms with Crippen LogP contribution in [0.25, 0.3) is 0 Å². The van der Waals surface area contributed by atoms with Gasteiger partial charge in [-0.15, -0.1) is 0 Å². The molecule has 0 aliphatic carbocycles. The van der Waals surface area contributed by atoms with Crippen LogP contribution in [-0.4, -0.2) is 24.5 Å². The number of aromatic nitrogens is 1. The Balaban J connectivity index is 1.83. The van der Waals surface area contributed by atoms with E-state index in [0.29, 0.717) is 5.71 Å². The number of rotatable bonds is 3. The first-order valence-electron chi connectivity index (χ1n) is 6.10. The Morgan fingerprint density at radius 3 is 2.45 bits per heavy atom. The maximum atomic E-state index is 12.4. The van der Waals surface area contributed by atoms with E-state index in [1.165, 1.54) is 0 Å². The van der Waals surface area contributed by atoms with Crippen LogP contribution in [0, 0.1) is 0 Å². The molecule has 1 aliphatic heterocycles. The molecule has 1 atom stereocenters. The fourth-order valence-electron chi connectivity index (χ4n) is 2.00. The highest BCUT2D eigenvalue weighted by molar-refractivity contribution is 7.92. The van der Waals surface area contributed by atoms with Crippen LogP contribution in [-0.2, 0) is 14.7 Å². The zero-order valence-corrected chi connectivity index (χ0v) is 11.3. The number of oxime groups is 1. The van der Waals surface area contributed by atoms with Crippen molar-refractivity contribution < 1.29 is 13.3 Å². The van der Waals surface area contributed by atoms with Crippen LogP contribution in [0.2, 0.25) is 0 Å². The lowest BCUT2D eigenvalue weighted by Gasteiger charge is -2.09. The van der Waals surface area contributed by atoms with Crippen LogP contribution in [0.3, 0.4) is 0 Å². The first-order chi connectivity index (χ1) is 9.68. The van der Waals surface area contributed by atoms with Gasteiger partial charge in [0.2, 0.25) is 15.3 Å². The van der Waals surface area contributed by atoms with Gasteiger partial charge in [-0.25, -0.2) is 8.42 Å². The van der Waals surface area contributed by atoms with Crippen LogP contribution < -0.4 is 0 Å². The van der Waals surface area contributed by atoms with Crippen molar-refractivity contribution in [1.29, 1.82) is 0 Å². The van der Waals surface area contributed by atoms with E-state index in [2.05, 4.69) is 10.1 Å². The number of hydrogen-bond donors (Lipinski definition) is 0. The minimum absolute atomic E-state index is 0.237. The molecule has 0 saturated heterocycles. The third-order valence-electron chi connectivity index (χ3n) is 3.07. The molecule has 0 saturated carbocycles. The molecule has 0 unspecified atom stereocenters. The van der Waals surface area contributed by atoms with E-state index in [4.69, 9.17) is 4.84 Å². The van der Waals surface area contributed by atoms with Gasteiger partial charge in [0.1, 0.15) is 0 Å². The zero-order valence-electron chi connectivity index (χ0n) is 10.5. The summed E-state index contributed by atoms with van der Waals surface area (Å²) in [5.41, 5.74) is 0.482. The van der Waals surface area contributed by atoms with Crippen LogP contribution in [0.1, 0.15) is 12.0 Å². The number of benzene rings is 1. The van der Waals surface area contributed by atoms with Crippen LogP contribution in [0.5, 0.6) is 0 Å². The van der Waals surface area contributed by atoms with Gasteiger partial charge in [0, 0.05) is 24.4 Å². The Morgan fingerprint density at radius 2 is 1.75 bits per heavy atom. The predicted octanol–water partition coefficient (Wildman–Crippen LogP) is 2.01. The van der Waals surface area contributed by atoms with E-state index >= 15 is 0 Å². The van der Waals surface area contributed by atoms with Crippen molar-refractivity contribution in [2.45, 2.75) is 16.8 Å². The summed E-state index contributed by atoms with van der Waals surface area (Å²) in [5, 5.41) is 3.89. The number of sulfone groups is 1. The van der Waals surface area contributed by atoms with Gasteiger partial charge in [0.25, 0.3) is 0 Å². The average Bonchev–Trinajstić information content (AvgIpc) is 3.00. The molecule has 0 spiro atoms. The Kier molecular flexibility index (Phi) is 3.23. The normalized spacial score (nSPS) is 18.4. The van der Waals surface area contributed by atoms with Crippen LogP contribution in [0.4, 0.5) is 0 Å². The second-order valence-electron chi connectivity index (χ2n) is 4.37. The molecule has 3 rings (SSSR count). The van der Waals surface area contributed by atoms with Crippen molar-refractivity contribution in [1.82, 2.24) is 4.98 Å². The molecule has 2 aromatic rings. The van der Waals surface area contributed by atoms with Gasteiger partial charge in [-0.2, -0.15) is 0 Å². The SMILES string of the molecule is O=S(=O)(c1ccccc1)[C@@H]1CC(c2ccncc2)=NO1. The van der Waals surface area contributed by atoms with E-state index in [-0.39, 0.29) is 11.3 Å². The Bertz CT molecular complexity index is 728. The first-order valence-corrected chi connectivity index (χ1v) is 7.64. The summed E-state index contributed by atoms with van der Waals surface area (Å²) in [6.45, 7) is 0. The fraction of sp³-hybridized carbons (Fsp3) is 0.143. The molecular formula is C14H12N2O3S. The second-order valence-corrected chi connectivity index (χ2v) is 6.46. The third kappa shape index (κ3) is 2.30. The summed E-state index contributed by atoms with van der Waals surface area (Å²) in [5.74, 6) is 0. The molecule has 1 aromatic carbocycles. The minimum atomic E-state index is -3.53. The van der Waals surface area contributed by atoms with E-state index in [0.717, 1.165) is 5.56 Å². The van der Waals surface area contributed by atoms with Crippen molar-refractivity contribution >= 4 is 15.5 Å². The quantitative estimate of drug-likeness (QED) is 0.866. The lowest BCUT2D eigenvalue weighted by molar-refractivity contribution is 0.140. The summed E-state index contributed by atoms with van der Waals surface area (Å²) in [7, 11) is -3.53. The van der Waals surface area contributed by atoms with E-state index in [9.17, 15) is 8.42 Å². The summed E-state index contributed by atoms with van der Waals surface area (Å²) in [6, 6.07) is 11.8. The number of hydrogen-bond acceptors (Lipinski definition) is 5. The molecule has 6 heteroatoms. The molecule has 20 heavy (non-hydrogen) atoms. The highest BCUT2D eigenvalue weighted by atomic mass is 32.2. The minimum Gasteiger partial charge on any atom is -0.375 e. The number of pyridine rings is 1. The highest BCUT2D eigenvalue weighted by Gasteiger charge is 2.35. The molecule has 0 fully saturated rings. The van der Waals surface area contributed by atoms with E-state index in [1.54, 1.807) is 54.9 Å². The van der Waals surface area contributed by atoms with Crippen molar-refractivity contribution in [3.8, 4) is 0 Å². The molecule has 5 nitrogen and oxygen atoms in total. The van der Waals surface area contributed by atoms with Crippen molar-refractivity contribution in [2.24, 2.45) is 5.16 Å². The topological polar surface area (TPSA) is 68.6 Å².